The van der Waals surface area contributed by atoms with Crippen LogP contribution in [0.15, 0.2) is 0 Å². The SMILES string of the molecule is CCC(C)(C)NC(=O)CN(C)CCCCCO. The van der Waals surface area contributed by atoms with E-state index in [1.807, 2.05) is 25.8 Å². The molecule has 0 radical (unpaired) electrons. The Kier molecular flexibility index (Phi) is 8.17. The number of carbonyl (C=O) groups is 1. The highest BCUT2D eigenvalue weighted by Crippen LogP contribution is 2.06. The van der Waals surface area contributed by atoms with Crippen molar-refractivity contribution in [3.63, 3.8) is 0 Å². The molecular weight excluding hydrogens is 216 g/mol. The predicted octanol–water partition coefficient (Wildman–Crippen LogP) is 1.39. The van der Waals surface area contributed by atoms with Crippen LogP contribution in [0.4, 0.5) is 0 Å². The molecule has 4 heteroatoms. The van der Waals surface area contributed by atoms with Crippen LogP contribution in [0, 0.1) is 0 Å². The summed E-state index contributed by atoms with van der Waals surface area (Å²) in [6, 6.07) is 0. The summed E-state index contributed by atoms with van der Waals surface area (Å²) in [5.41, 5.74) is -0.116. The van der Waals surface area contributed by atoms with Crippen molar-refractivity contribution in [3.05, 3.63) is 0 Å². The van der Waals surface area contributed by atoms with E-state index in [0.29, 0.717) is 6.54 Å². The quantitative estimate of drug-likeness (QED) is 0.603. The second-order valence-electron chi connectivity index (χ2n) is 5.31. The summed E-state index contributed by atoms with van der Waals surface area (Å²) in [6.45, 7) is 7.74. The molecule has 0 heterocycles. The van der Waals surface area contributed by atoms with Gasteiger partial charge in [-0.2, -0.15) is 0 Å². The zero-order valence-corrected chi connectivity index (χ0v) is 11.8. The van der Waals surface area contributed by atoms with Gasteiger partial charge in [-0.3, -0.25) is 9.69 Å². The summed E-state index contributed by atoms with van der Waals surface area (Å²) in [5.74, 6) is 0.0847. The molecule has 1 amide bonds. The predicted molar refractivity (Wildman–Crippen MR) is 70.9 cm³/mol. The van der Waals surface area contributed by atoms with Crippen LogP contribution in [0.2, 0.25) is 0 Å². The smallest absolute Gasteiger partial charge is 0.234 e. The lowest BCUT2D eigenvalue weighted by atomic mass is 10.0. The Morgan fingerprint density at radius 2 is 1.94 bits per heavy atom. The third kappa shape index (κ3) is 9.12. The van der Waals surface area contributed by atoms with Crippen molar-refractivity contribution < 1.29 is 9.90 Å². The number of carbonyl (C=O) groups excluding carboxylic acids is 1. The van der Waals surface area contributed by atoms with E-state index in [1.165, 1.54) is 0 Å². The normalized spacial score (nSPS) is 11.9. The minimum atomic E-state index is -0.116. The zero-order chi connectivity index (χ0) is 13.3. The summed E-state index contributed by atoms with van der Waals surface area (Å²) >= 11 is 0. The molecule has 2 N–H and O–H groups in total. The second-order valence-corrected chi connectivity index (χ2v) is 5.31. The van der Waals surface area contributed by atoms with Gasteiger partial charge in [0.2, 0.25) is 5.91 Å². The summed E-state index contributed by atoms with van der Waals surface area (Å²) in [7, 11) is 1.96. The largest absolute Gasteiger partial charge is 0.396 e. The van der Waals surface area contributed by atoms with Crippen LogP contribution in [0.1, 0.15) is 46.5 Å². The van der Waals surface area contributed by atoms with Crippen LogP contribution in [0.25, 0.3) is 0 Å². The first-order valence-electron chi connectivity index (χ1n) is 6.51. The topological polar surface area (TPSA) is 52.6 Å². The Morgan fingerprint density at radius 3 is 2.47 bits per heavy atom. The summed E-state index contributed by atoms with van der Waals surface area (Å²) in [5, 5.41) is 11.7. The number of rotatable bonds is 9. The fourth-order valence-electron chi connectivity index (χ4n) is 1.50. The van der Waals surface area contributed by atoms with Gasteiger partial charge in [-0.05, 0) is 53.1 Å². The van der Waals surface area contributed by atoms with E-state index in [0.717, 1.165) is 32.2 Å². The maximum absolute atomic E-state index is 11.7. The fourth-order valence-corrected chi connectivity index (χ4v) is 1.50. The van der Waals surface area contributed by atoms with Gasteiger partial charge in [0.05, 0.1) is 6.54 Å². The van der Waals surface area contributed by atoms with E-state index in [4.69, 9.17) is 5.11 Å². The van der Waals surface area contributed by atoms with Crippen molar-refractivity contribution in [2.24, 2.45) is 0 Å². The molecule has 17 heavy (non-hydrogen) atoms. The molecule has 0 aliphatic rings. The molecule has 0 fully saturated rings. The second kappa shape index (κ2) is 8.48. The van der Waals surface area contributed by atoms with E-state index in [2.05, 4.69) is 12.2 Å². The highest BCUT2D eigenvalue weighted by atomic mass is 16.2. The molecule has 0 aromatic rings. The average Bonchev–Trinajstić information content (AvgIpc) is 2.23. The van der Waals surface area contributed by atoms with Gasteiger partial charge < -0.3 is 10.4 Å². The molecular formula is C13H28N2O2. The maximum Gasteiger partial charge on any atom is 0.234 e. The number of hydrogen-bond donors (Lipinski definition) is 2. The lowest BCUT2D eigenvalue weighted by Gasteiger charge is -2.26. The van der Waals surface area contributed by atoms with Crippen LogP contribution < -0.4 is 5.32 Å². The summed E-state index contributed by atoms with van der Waals surface area (Å²) < 4.78 is 0. The molecule has 4 nitrogen and oxygen atoms in total. The molecule has 0 aliphatic heterocycles. The van der Waals surface area contributed by atoms with Crippen LogP contribution in [0.3, 0.4) is 0 Å². The number of likely N-dealkylation sites (N-methyl/N-ethyl adjacent to an activating group) is 1. The van der Waals surface area contributed by atoms with Crippen LogP contribution in [0.5, 0.6) is 0 Å². The lowest BCUT2D eigenvalue weighted by molar-refractivity contribution is -0.123. The zero-order valence-electron chi connectivity index (χ0n) is 11.8. The van der Waals surface area contributed by atoms with Gasteiger partial charge in [0.25, 0.3) is 0 Å². The number of aliphatic hydroxyl groups is 1. The summed E-state index contributed by atoms with van der Waals surface area (Å²) in [6.07, 6.45) is 3.83. The molecule has 102 valence electrons. The first kappa shape index (κ1) is 16.4. The van der Waals surface area contributed by atoms with Crippen LogP contribution in [-0.4, -0.2) is 48.2 Å². The molecule has 0 aromatic heterocycles. The van der Waals surface area contributed by atoms with Gasteiger partial charge in [0.15, 0.2) is 0 Å². The third-order valence-electron chi connectivity index (χ3n) is 2.97. The Hall–Kier alpha value is -0.610. The summed E-state index contributed by atoms with van der Waals surface area (Å²) in [4.78, 5) is 13.8. The number of nitrogens with one attached hydrogen (secondary N) is 1. The molecule has 0 spiro atoms. The van der Waals surface area contributed by atoms with Crippen molar-refractivity contribution in [3.8, 4) is 0 Å². The van der Waals surface area contributed by atoms with Crippen molar-refractivity contribution >= 4 is 5.91 Å². The van der Waals surface area contributed by atoms with E-state index < -0.39 is 0 Å². The molecule has 0 aromatic carbocycles. The molecule has 0 saturated carbocycles. The Bertz CT molecular complexity index is 217. The van der Waals surface area contributed by atoms with Gasteiger partial charge in [-0.15, -0.1) is 0 Å². The molecule has 0 aliphatic carbocycles. The number of unbranched alkanes of at least 4 members (excludes halogenated alkanes) is 2. The Balaban J connectivity index is 3.73. The highest BCUT2D eigenvalue weighted by molar-refractivity contribution is 5.78. The third-order valence-corrected chi connectivity index (χ3v) is 2.97. The number of aliphatic hydroxyl groups excluding tert-OH is 1. The fraction of sp³-hybridized carbons (Fsp3) is 0.923. The van der Waals surface area contributed by atoms with E-state index in [-0.39, 0.29) is 18.1 Å². The first-order chi connectivity index (χ1) is 7.91. The maximum atomic E-state index is 11.7. The van der Waals surface area contributed by atoms with Crippen molar-refractivity contribution in [1.29, 1.82) is 0 Å². The van der Waals surface area contributed by atoms with E-state index in [9.17, 15) is 4.79 Å². The first-order valence-corrected chi connectivity index (χ1v) is 6.51. The molecule has 0 atom stereocenters. The monoisotopic (exact) mass is 244 g/mol. The van der Waals surface area contributed by atoms with Crippen molar-refractivity contribution in [2.75, 3.05) is 26.7 Å². The van der Waals surface area contributed by atoms with Gasteiger partial charge in [-0.25, -0.2) is 0 Å². The van der Waals surface area contributed by atoms with Gasteiger partial charge in [0, 0.05) is 12.1 Å². The number of hydrogen-bond acceptors (Lipinski definition) is 3. The highest BCUT2D eigenvalue weighted by Gasteiger charge is 2.18. The Labute approximate surface area is 105 Å². The van der Waals surface area contributed by atoms with Crippen molar-refractivity contribution in [1.82, 2.24) is 10.2 Å². The van der Waals surface area contributed by atoms with Crippen LogP contribution in [-0.2, 0) is 4.79 Å². The van der Waals surface area contributed by atoms with E-state index >= 15 is 0 Å². The number of amides is 1. The number of nitrogens with zero attached hydrogens (tertiary/aromatic N) is 1. The lowest BCUT2D eigenvalue weighted by Crippen LogP contribution is -2.46. The molecule has 0 rings (SSSR count). The van der Waals surface area contributed by atoms with Gasteiger partial charge >= 0.3 is 0 Å². The standard InChI is InChI=1S/C13H28N2O2/c1-5-13(2,3)14-12(17)11-15(4)9-7-6-8-10-16/h16H,5-11H2,1-4H3,(H,14,17). The van der Waals surface area contributed by atoms with Crippen molar-refractivity contribution in [2.45, 2.75) is 52.0 Å². The molecule has 0 unspecified atom stereocenters. The Morgan fingerprint density at radius 1 is 1.29 bits per heavy atom. The van der Waals surface area contributed by atoms with Crippen LogP contribution >= 0.6 is 0 Å². The average molecular weight is 244 g/mol. The minimum absolute atomic E-state index is 0.0847. The minimum Gasteiger partial charge on any atom is -0.396 e. The van der Waals surface area contributed by atoms with Gasteiger partial charge in [-0.1, -0.05) is 6.92 Å². The molecule has 0 saturated heterocycles. The van der Waals surface area contributed by atoms with E-state index in [1.54, 1.807) is 0 Å². The molecule has 0 bridgehead atoms. The van der Waals surface area contributed by atoms with Gasteiger partial charge in [0.1, 0.15) is 0 Å².